The molecule has 0 aliphatic rings. The second-order valence-electron chi connectivity index (χ2n) is 3.76. The van der Waals surface area contributed by atoms with Gasteiger partial charge in [0.1, 0.15) is 6.04 Å². The Labute approximate surface area is 97.2 Å². The van der Waals surface area contributed by atoms with E-state index in [0.29, 0.717) is 0 Å². The van der Waals surface area contributed by atoms with Crippen molar-refractivity contribution in [3.63, 3.8) is 0 Å². The molecule has 1 rings (SSSR count). The molecular weight excluding hydrogens is 228 g/mol. The molecule has 17 heavy (non-hydrogen) atoms. The molecule has 0 aromatic carbocycles. The first-order valence-electron chi connectivity index (χ1n) is 4.94. The lowest BCUT2D eigenvalue weighted by atomic mass is 10.1. The number of carboxylic acid groups (broad SMARTS) is 1. The van der Waals surface area contributed by atoms with Gasteiger partial charge in [0.15, 0.2) is 0 Å². The SMILES string of the molecule is CC(C)[C@@H](NC(=O)Nc1nnn(C)n1)C(=O)O. The van der Waals surface area contributed by atoms with E-state index in [1.54, 1.807) is 20.9 Å². The molecule has 3 N–H and O–H groups in total. The van der Waals surface area contributed by atoms with Crippen molar-refractivity contribution in [2.24, 2.45) is 13.0 Å². The second kappa shape index (κ2) is 5.23. The van der Waals surface area contributed by atoms with Gasteiger partial charge in [0.25, 0.3) is 5.95 Å². The number of nitrogens with one attached hydrogen (secondary N) is 2. The highest BCUT2D eigenvalue weighted by molar-refractivity contribution is 5.90. The van der Waals surface area contributed by atoms with Crippen LogP contribution in [0.3, 0.4) is 0 Å². The van der Waals surface area contributed by atoms with Gasteiger partial charge in [-0.15, -0.1) is 5.10 Å². The fourth-order valence-electron chi connectivity index (χ4n) is 1.13. The summed E-state index contributed by atoms with van der Waals surface area (Å²) in [5, 5.41) is 24.2. The van der Waals surface area contributed by atoms with Crippen LogP contribution in [0.1, 0.15) is 13.8 Å². The maximum atomic E-state index is 11.4. The minimum Gasteiger partial charge on any atom is -0.480 e. The molecule has 1 atom stereocenters. The molecule has 0 aliphatic heterocycles. The molecule has 2 amide bonds. The Balaban J connectivity index is 2.56. The molecule has 0 unspecified atom stereocenters. The lowest BCUT2D eigenvalue weighted by Crippen LogP contribution is -2.46. The molecule has 1 aromatic rings. The summed E-state index contributed by atoms with van der Waals surface area (Å²) in [4.78, 5) is 23.5. The minimum absolute atomic E-state index is 0.0119. The number of aromatic nitrogens is 4. The van der Waals surface area contributed by atoms with Crippen molar-refractivity contribution in [3.8, 4) is 0 Å². The van der Waals surface area contributed by atoms with Gasteiger partial charge in [0.2, 0.25) is 0 Å². The standard InChI is InChI=1S/C8H14N6O3/c1-4(2)5(6(15)16)9-8(17)10-7-11-13-14(3)12-7/h4-5H,1-3H3,(H,15,16)(H2,9,10,12,17)/t5-/m1/s1. The van der Waals surface area contributed by atoms with Crippen LogP contribution in [-0.4, -0.2) is 43.4 Å². The van der Waals surface area contributed by atoms with Crippen molar-refractivity contribution in [1.82, 2.24) is 25.5 Å². The Kier molecular flexibility index (Phi) is 3.96. The van der Waals surface area contributed by atoms with Gasteiger partial charge >= 0.3 is 12.0 Å². The number of rotatable bonds is 4. The zero-order valence-electron chi connectivity index (χ0n) is 9.71. The van der Waals surface area contributed by atoms with Crippen LogP contribution in [0.2, 0.25) is 0 Å². The minimum atomic E-state index is -1.10. The number of nitrogens with zero attached hydrogens (tertiary/aromatic N) is 4. The smallest absolute Gasteiger partial charge is 0.326 e. The van der Waals surface area contributed by atoms with Gasteiger partial charge < -0.3 is 10.4 Å². The Bertz CT molecular complexity index is 415. The van der Waals surface area contributed by atoms with Crippen LogP contribution >= 0.6 is 0 Å². The number of hydrogen-bond donors (Lipinski definition) is 3. The van der Waals surface area contributed by atoms with Crippen LogP contribution < -0.4 is 10.6 Å². The van der Waals surface area contributed by atoms with E-state index in [0.717, 1.165) is 0 Å². The molecule has 9 nitrogen and oxygen atoms in total. The van der Waals surface area contributed by atoms with E-state index in [-0.39, 0.29) is 11.9 Å². The number of hydrogen-bond acceptors (Lipinski definition) is 5. The van der Waals surface area contributed by atoms with Gasteiger partial charge in [-0.05, 0) is 11.1 Å². The predicted octanol–water partition coefficient (Wildman–Crippen LogP) is -0.559. The zero-order chi connectivity index (χ0) is 13.0. The first-order chi connectivity index (χ1) is 7.90. The van der Waals surface area contributed by atoms with Gasteiger partial charge in [-0.2, -0.15) is 4.80 Å². The van der Waals surface area contributed by atoms with Crippen molar-refractivity contribution < 1.29 is 14.7 Å². The number of carbonyl (C=O) groups excluding carboxylic acids is 1. The van der Waals surface area contributed by atoms with E-state index in [4.69, 9.17) is 5.11 Å². The molecule has 0 saturated heterocycles. The Hall–Kier alpha value is -2.19. The first-order valence-corrected chi connectivity index (χ1v) is 4.94. The summed E-state index contributed by atoms with van der Waals surface area (Å²) in [6, 6.07) is -1.65. The molecule has 0 radical (unpaired) electrons. The highest BCUT2D eigenvalue weighted by Crippen LogP contribution is 2.02. The molecule has 94 valence electrons. The normalized spacial score (nSPS) is 12.2. The average Bonchev–Trinajstić information content (AvgIpc) is 2.59. The van der Waals surface area contributed by atoms with Crippen LogP contribution in [0.5, 0.6) is 0 Å². The maximum absolute atomic E-state index is 11.4. The second-order valence-corrected chi connectivity index (χ2v) is 3.76. The zero-order valence-corrected chi connectivity index (χ0v) is 9.71. The van der Waals surface area contributed by atoms with E-state index >= 15 is 0 Å². The molecule has 9 heteroatoms. The Morgan fingerprint density at radius 2 is 2.06 bits per heavy atom. The van der Waals surface area contributed by atoms with Crippen LogP contribution in [-0.2, 0) is 11.8 Å². The number of aryl methyl sites for hydroxylation is 1. The van der Waals surface area contributed by atoms with Crippen LogP contribution in [0, 0.1) is 5.92 Å². The predicted molar refractivity (Wildman–Crippen MR) is 57.2 cm³/mol. The van der Waals surface area contributed by atoms with E-state index in [1.807, 2.05) is 0 Å². The third kappa shape index (κ3) is 3.70. The first kappa shape index (κ1) is 12.9. The van der Waals surface area contributed by atoms with Gasteiger partial charge in [-0.25, -0.2) is 9.59 Å². The molecule has 1 aromatic heterocycles. The van der Waals surface area contributed by atoms with Crippen molar-refractivity contribution in [2.45, 2.75) is 19.9 Å². The van der Waals surface area contributed by atoms with Crippen molar-refractivity contribution in [1.29, 1.82) is 0 Å². The summed E-state index contributed by atoms with van der Waals surface area (Å²) in [6.07, 6.45) is 0. The number of aliphatic carboxylic acids is 1. The summed E-state index contributed by atoms with van der Waals surface area (Å²) < 4.78 is 0. The third-order valence-electron chi connectivity index (χ3n) is 1.95. The van der Waals surface area contributed by atoms with Gasteiger partial charge in [0.05, 0.1) is 7.05 Å². The topological polar surface area (TPSA) is 122 Å². The van der Waals surface area contributed by atoms with Gasteiger partial charge in [0, 0.05) is 0 Å². The van der Waals surface area contributed by atoms with Crippen LogP contribution in [0.15, 0.2) is 0 Å². The molecule has 1 heterocycles. The van der Waals surface area contributed by atoms with Crippen LogP contribution in [0.4, 0.5) is 10.7 Å². The fourth-order valence-corrected chi connectivity index (χ4v) is 1.13. The number of amides is 2. The van der Waals surface area contributed by atoms with E-state index in [1.165, 1.54) is 4.80 Å². The monoisotopic (exact) mass is 242 g/mol. The van der Waals surface area contributed by atoms with E-state index in [9.17, 15) is 9.59 Å². The molecule has 0 spiro atoms. The molecular formula is C8H14N6O3. The van der Waals surface area contributed by atoms with Gasteiger partial charge in [-0.1, -0.05) is 18.9 Å². The average molecular weight is 242 g/mol. The molecule has 0 fully saturated rings. The fraction of sp³-hybridized carbons (Fsp3) is 0.625. The van der Waals surface area contributed by atoms with Crippen LogP contribution in [0.25, 0.3) is 0 Å². The lowest BCUT2D eigenvalue weighted by Gasteiger charge is -2.17. The maximum Gasteiger partial charge on any atom is 0.326 e. The quantitative estimate of drug-likeness (QED) is 0.650. The highest BCUT2D eigenvalue weighted by atomic mass is 16.4. The third-order valence-corrected chi connectivity index (χ3v) is 1.95. The molecule has 0 bridgehead atoms. The van der Waals surface area contributed by atoms with Crippen molar-refractivity contribution >= 4 is 17.9 Å². The highest BCUT2D eigenvalue weighted by Gasteiger charge is 2.23. The Morgan fingerprint density at radius 3 is 2.47 bits per heavy atom. The summed E-state index contributed by atoms with van der Waals surface area (Å²) in [5.41, 5.74) is 0. The van der Waals surface area contributed by atoms with Crippen molar-refractivity contribution in [2.75, 3.05) is 5.32 Å². The number of carbonyl (C=O) groups is 2. The molecule has 0 aliphatic carbocycles. The Morgan fingerprint density at radius 1 is 1.41 bits per heavy atom. The number of tetrazole rings is 1. The number of carboxylic acids is 1. The number of anilines is 1. The largest absolute Gasteiger partial charge is 0.480 e. The summed E-state index contributed by atoms with van der Waals surface area (Å²) in [6.45, 7) is 3.39. The van der Waals surface area contributed by atoms with Gasteiger partial charge in [-0.3, -0.25) is 5.32 Å². The lowest BCUT2D eigenvalue weighted by molar-refractivity contribution is -0.140. The number of urea groups is 1. The van der Waals surface area contributed by atoms with E-state index in [2.05, 4.69) is 26.0 Å². The molecule has 0 saturated carbocycles. The van der Waals surface area contributed by atoms with Crippen molar-refractivity contribution in [3.05, 3.63) is 0 Å². The summed E-state index contributed by atoms with van der Waals surface area (Å²) >= 11 is 0. The van der Waals surface area contributed by atoms with E-state index < -0.39 is 18.0 Å². The summed E-state index contributed by atoms with van der Waals surface area (Å²) in [7, 11) is 1.55. The summed E-state index contributed by atoms with van der Waals surface area (Å²) in [5.74, 6) is -1.31.